The predicted molar refractivity (Wildman–Crippen MR) is 85.9 cm³/mol. The molecule has 2 saturated carbocycles. The summed E-state index contributed by atoms with van der Waals surface area (Å²) in [5, 5.41) is 0. The number of amides is 1. The smallest absolute Gasteiger partial charge is 0.224 e. The number of rotatable bonds is 2. The Morgan fingerprint density at radius 1 is 1.14 bits per heavy atom. The van der Waals surface area contributed by atoms with Gasteiger partial charge in [0.2, 0.25) is 5.91 Å². The highest BCUT2D eigenvalue weighted by Gasteiger charge is 2.51. The Balaban J connectivity index is 1.68. The fourth-order valence-corrected chi connectivity index (χ4v) is 5.59. The fraction of sp³-hybridized carbons (Fsp3) is 0.944. The van der Waals surface area contributed by atoms with Crippen LogP contribution in [0.4, 0.5) is 0 Å². The number of carbonyl (C=O) groups excluding carboxylic acids is 1. The molecule has 0 aromatic heterocycles. The molecular formula is C18H32N2O. The van der Waals surface area contributed by atoms with Crippen molar-refractivity contribution in [1.82, 2.24) is 4.90 Å². The van der Waals surface area contributed by atoms with E-state index in [0.29, 0.717) is 29.2 Å². The number of fused-ring (bicyclic) bond motifs is 2. The van der Waals surface area contributed by atoms with Crippen molar-refractivity contribution in [3.63, 3.8) is 0 Å². The van der Waals surface area contributed by atoms with Crippen molar-refractivity contribution < 1.29 is 4.79 Å². The molecule has 1 aliphatic heterocycles. The molecule has 2 aliphatic carbocycles. The molecule has 120 valence electrons. The minimum absolute atomic E-state index is 0.220. The Morgan fingerprint density at radius 2 is 1.81 bits per heavy atom. The predicted octanol–water partition coefficient (Wildman–Crippen LogP) is 3.47. The highest BCUT2D eigenvalue weighted by Crippen LogP contribution is 2.52. The largest absolute Gasteiger partial charge is 0.339 e. The summed E-state index contributed by atoms with van der Waals surface area (Å²) < 4.78 is 0. The van der Waals surface area contributed by atoms with Gasteiger partial charge in [-0.3, -0.25) is 4.79 Å². The summed E-state index contributed by atoms with van der Waals surface area (Å²) >= 11 is 0. The van der Waals surface area contributed by atoms with Crippen LogP contribution in [0.5, 0.6) is 0 Å². The van der Waals surface area contributed by atoms with Crippen LogP contribution in [-0.2, 0) is 4.79 Å². The lowest BCUT2D eigenvalue weighted by atomic mass is 9.65. The Morgan fingerprint density at radius 3 is 2.48 bits per heavy atom. The Labute approximate surface area is 129 Å². The van der Waals surface area contributed by atoms with Crippen LogP contribution in [0.15, 0.2) is 0 Å². The van der Waals surface area contributed by atoms with Crippen LogP contribution in [0.2, 0.25) is 0 Å². The number of likely N-dealkylation sites (tertiary alicyclic amines) is 1. The van der Waals surface area contributed by atoms with Crippen LogP contribution in [0.25, 0.3) is 0 Å². The van der Waals surface area contributed by atoms with Gasteiger partial charge in [0.25, 0.3) is 0 Å². The maximum atomic E-state index is 12.9. The maximum absolute atomic E-state index is 12.9. The Hall–Kier alpha value is -0.570. The third-order valence-corrected chi connectivity index (χ3v) is 6.09. The second kappa shape index (κ2) is 4.97. The molecule has 1 heterocycles. The topological polar surface area (TPSA) is 46.3 Å². The van der Waals surface area contributed by atoms with Gasteiger partial charge in [-0.2, -0.15) is 0 Å². The number of carbonyl (C=O) groups is 1. The minimum atomic E-state index is -0.220. The van der Waals surface area contributed by atoms with Gasteiger partial charge in [0.05, 0.1) is 0 Å². The number of hydrogen-bond donors (Lipinski definition) is 1. The van der Waals surface area contributed by atoms with Crippen LogP contribution in [0, 0.1) is 10.8 Å². The minimum Gasteiger partial charge on any atom is -0.339 e. The normalized spacial score (nSPS) is 37.5. The molecule has 0 radical (unpaired) electrons. The Kier molecular flexibility index (Phi) is 3.63. The summed E-state index contributed by atoms with van der Waals surface area (Å²) in [6.45, 7) is 8.04. The number of nitrogens with two attached hydrogens (primary N) is 1. The highest BCUT2D eigenvalue weighted by molar-refractivity contribution is 5.78. The summed E-state index contributed by atoms with van der Waals surface area (Å²) in [6.07, 6.45) is 9.89. The first kappa shape index (κ1) is 15.3. The van der Waals surface area contributed by atoms with Gasteiger partial charge in [0, 0.05) is 24.5 Å². The van der Waals surface area contributed by atoms with Crippen molar-refractivity contribution in [2.75, 3.05) is 6.54 Å². The van der Waals surface area contributed by atoms with E-state index in [4.69, 9.17) is 5.73 Å². The summed E-state index contributed by atoms with van der Waals surface area (Å²) in [4.78, 5) is 15.1. The lowest BCUT2D eigenvalue weighted by Crippen LogP contribution is -2.48. The standard InChI is InChI=1S/C18H32N2O/c1-16(2)9-14-10-17(3,12-16)13-20(14)15(21)11-18(19)7-5-4-6-8-18/h14H,4-13,19H2,1-3H3. The molecular weight excluding hydrogens is 260 g/mol. The molecule has 0 spiro atoms. The average Bonchev–Trinajstić information content (AvgIpc) is 2.59. The summed E-state index contributed by atoms with van der Waals surface area (Å²) in [5.41, 5.74) is 6.99. The van der Waals surface area contributed by atoms with Crippen molar-refractivity contribution in [2.24, 2.45) is 16.6 Å². The zero-order valence-electron chi connectivity index (χ0n) is 14.1. The van der Waals surface area contributed by atoms with Gasteiger partial charge in [0.15, 0.2) is 0 Å². The van der Waals surface area contributed by atoms with E-state index in [9.17, 15) is 4.79 Å². The van der Waals surface area contributed by atoms with Gasteiger partial charge in [-0.05, 0) is 42.9 Å². The molecule has 1 amide bonds. The molecule has 2 unspecified atom stereocenters. The second-order valence-electron chi connectivity index (χ2n) is 9.34. The molecule has 3 rings (SSSR count). The van der Waals surface area contributed by atoms with Crippen LogP contribution in [-0.4, -0.2) is 28.9 Å². The third kappa shape index (κ3) is 3.13. The molecule has 1 saturated heterocycles. The molecule has 2 N–H and O–H groups in total. The molecule has 2 bridgehead atoms. The van der Waals surface area contributed by atoms with E-state index in [1.54, 1.807) is 0 Å². The molecule has 0 aromatic rings. The lowest BCUT2D eigenvalue weighted by molar-refractivity contribution is -0.134. The summed E-state index contributed by atoms with van der Waals surface area (Å²) in [7, 11) is 0. The van der Waals surface area contributed by atoms with Gasteiger partial charge in [-0.25, -0.2) is 0 Å². The van der Waals surface area contributed by atoms with Crippen molar-refractivity contribution in [2.45, 2.75) is 90.1 Å². The third-order valence-electron chi connectivity index (χ3n) is 6.09. The fourth-order valence-electron chi connectivity index (χ4n) is 5.59. The molecule has 3 heteroatoms. The van der Waals surface area contributed by atoms with Gasteiger partial charge in [-0.1, -0.05) is 40.0 Å². The van der Waals surface area contributed by atoms with E-state index >= 15 is 0 Å². The van der Waals surface area contributed by atoms with E-state index in [1.807, 2.05) is 0 Å². The SMILES string of the molecule is CC1(C)CC2CC(C)(CN2C(=O)CC2(N)CCCCC2)C1. The Bertz CT molecular complexity index is 425. The van der Waals surface area contributed by atoms with Crippen molar-refractivity contribution >= 4 is 5.91 Å². The molecule has 2 atom stereocenters. The van der Waals surface area contributed by atoms with Crippen LogP contribution in [0.3, 0.4) is 0 Å². The molecule has 21 heavy (non-hydrogen) atoms. The van der Waals surface area contributed by atoms with Gasteiger partial charge >= 0.3 is 0 Å². The molecule has 3 nitrogen and oxygen atoms in total. The van der Waals surface area contributed by atoms with Gasteiger partial charge in [0.1, 0.15) is 0 Å². The van der Waals surface area contributed by atoms with Crippen molar-refractivity contribution in [1.29, 1.82) is 0 Å². The van der Waals surface area contributed by atoms with Crippen molar-refractivity contribution in [3.8, 4) is 0 Å². The zero-order valence-corrected chi connectivity index (χ0v) is 14.1. The number of nitrogens with zero attached hydrogens (tertiary/aromatic N) is 1. The first-order valence-corrected chi connectivity index (χ1v) is 8.79. The molecule has 3 fully saturated rings. The lowest BCUT2D eigenvalue weighted by Gasteiger charge is -2.39. The molecule has 0 aromatic carbocycles. The summed E-state index contributed by atoms with van der Waals surface area (Å²) in [6, 6.07) is 0.457. The zero-order chi connectivity index (χ0) is 15.3. The average molecular weight is 292 g/mol. The summed E-state index contributed by atoms with van der Waals surface area (Å²) in [5.74, 6) is 0.325. The first-order chi connectivity index (χ1) is 9.71. The monoisotopic (exact) mass is 292 g/mol. The van der Waals surface area contributed by atoms with Crippen molar-refractivity contribution in [3.05, 3.63) is 0 Å². The second-order valence-corrected chi connectivity index (χ2v) is 9.34. The van der Waals surface area contributed by atoms with Crippen LogP contribution >= 0.6 is 0 Å². The van der Waals surface area contributed by atoms with E-state index in [1.165, 1.54) is 32.1 Å². The van der Waals surface area contributed by atoms with E-state index < -0.39 is 0 Å². The van der Waals surface area contributed by atoms with E-state index in [0.717, 1.165) is 25.8 Å². The van der Waals surface area contributed by atoms with Gasteiger partial charge in [-0.15, -0.1) is 0 Å². The number of hydrogen-bond acceptors (Lipinski definition) is 2. The first-order valence-electron chi connectivity index (χ1n) is 8.79. The van der Waals surface area contributed by atoms with Crippen LogP contribution in [0.1, 0.15) is 78.6 Å². The van der Waals surface area contributed by atoms with Gasteiger partial charge < -0.3 is 10.6 Å². The van der Waals surface area contributed by atoms with Crippen LogP contribution < -0.4 is 5.73 Å². The van der Waals surface area contributed by atoms with E-state index in [2.05, 4.69) is 25.7 Å². The van der Waals surface area contributed by atoms with E-state index in [-0.39, 0.29) is 5.54 Å². The maximum Gasteiger partial charge on any atom is 0.224 e. The highest BCUT2D eigenvalue weighted by atomic mass is 16.2. The quantitative estimate of drug-likeness (QED) is 0.847. The molecule has 3 aliphatic rings.